The molecular formula is C19H16N2O2S. The van der Waals surface area contributed by atoms with E-state index in [0.717, 1.165) is 11.1 Å². The van der Waals surface area contributed by atoms with Gasteiger partial charge in [-0.15, -0.1) is 0 Å². The number of aliphatic imine (C=N–C) groups is 1. The van der Waals surface area contributed by atoms with Gasteiger partial charge in [-0.1, -0.05) is 48.6 Å². The van der Waals surface area contributed by atoms with Crippen molar-refractivity contribution in [3.8, 4) is 5.75 Å². The van der Waals surface area contributed by atoms with Crippen molar-refractivity contribution < 1.29 is 9.90 Å². The summed E-state index contributed by atoms with van der Waals surface area (Å²) in [7, 11) is 0. The number of hydrogen-bond acceptors (Lipinski definition) is 4. The normalized spacial score (nSPS) is 17.8. The predicted octanol–water partition coefficient (Wildman–Crippen LogP) is 4.15. The maximum atomic E-state index is 12.0. The van der Waals surface area contributed by atoms with Crippen molar-refractivity contribution in [2.75, 3.05) is 0 Å². The lowest BCUT2D eigenvalue weighted by Gasteiger charge is -2.01. The van der Waals surface area contributed by atoms with Gasteiger partial charge in [0.15, 0.2) is 5.17 Å². The van der Waals surface area contributed by atoms with E-state index in [1.807, 2.05) is 55.5 Å². The number of benzene rings is 2. The maximum Gasteiger partial charge on any atom is 0.264 e. The van der Waals surface area contributed by atoms with Gasteiger partial charge >= 0.3 is 0 Å². The smallest absolute Gasteiger partial charge is 0.264 e. The van der Waals surface area contributed by atoms with E-state index in [2.05, 4.69) is 10.3 Å². The minimum Gasteiger partial charge on any atom is -0.506 e. The van der Waals surface area contributed by atoms with E-state index < -0.39 is 0 Å². The first kappa shape index (κ1) is 16.1. The third-order valence-electron chi connectivity index (χ3n) is 3.34. The van der Waals surface area contributed by atoms with E-state index in [9.17, 15) is 9.90 Å². The Balaban J connectivity index is 1.74. The zero-order chi connectivity index (χ0) is 16.9. The van der Waals surface area contributed by atoms with E-state index in [-0.39, 0.29) is 11.7 Å². The van der Waals surface area contributed by atoms with E-state index in [4.69, 9.17) is 0 Å². The Hall–Kier alpha value is -2.79. The molecule has 2 N–H and O–H groups in total. The van der Waals surface area contributed by atoms with Gasteiger partial charge in [0.05, 0.1) is 4.91 Å². The molecule has 120 valence electrons. The van der Waals surface area contributed by atoms with Crippen molar-refractivity contribution in [2.45, 2.75) is 6.92 Å². The fourth-order valence-corrected chi connectivity index (χ4v) is 2.93. The predicted molar refractivity (Wildman–Crippen MR) is 99.2 cm³/mol. The average Bonchev–Trinajstić information content (AvgIpc) is 2.91. The number of aryl methyl sites for hydroxylation is 1. The molecular weight excluding hydrogens is 320 g/mol. The number of carbonyl (C=O) groups excluding carboxylic acids is 1. The SMILES string of the molecule is Cc1ccc(N=C2NC(=O)/C(=C/C=C/c3ccccc3)S2)c(O)c1. The molecule has 3 rings (SSSR count). The second-order valence-corrected chi connectivity index (χ2v) is 6.30. The van der Waals surface area contributed by atoms with Crippen molar-refractivity contribution in [2.24, 2.45) is 4.99 Å². The van der Waals surface area contributed by atoms with Crippen LogP contribution in [0.5, 0.6) is 5.75 Å². The van der Waals surface area contributed by atoms with Crippen LogP contribution in [0.4, 0.5) is 5.69 Å². The molecule has 2 aromatic rings. The quantitative estimate of drug-likeness (QED) is 0.828. The summed E-state index contributed by atoms with van der Waals surface area (Å²) < 4.78 is 0. The second kappa shape index (κ2) is 7.19. The Morgan fingerprint density at radius 3 is 2.71 bits per heavy atom. The summed E-state index contributed by atoms with van der Waals surface area (Å²) in [5, 5.41) is 13.1. The van der Waals surface area contributed by atoms with Gasteiger partial charge in [0.1, 0.15) is 11.4 Å². The first-order valence-electron chi connectivity index (χ1n) is 7.43. The molecule has 2 aromatic carbocycles. The molecule has 4 nitrogen and oxygen atoms in total. The Bertz CT molecular complexity index is 855. The molecule has 0 aliphatic carbocycles. The van der Waals surface area contributed by atoms with Crippen LogP contribution in [0.3, 0.4) is 0 Å². The van der Waals surface area contributed by atoms with Gasteiger partial charge in [-0.05, 0) is 48.0 Å². The van der Waals surface area contributed by atoms with Crippen LogP contribution in [0, 0.1) is 6.92 Å². The summed E-state index contributed by atoms with van der Waals surface area (Å²) in [6.45, 7) is 1.89. The number of hydrogen-bond donors (Lipinski definition) is 2. The lowest BCUT2D eigenvalue weighted by Crippen LogP contribution is -2.19. The molecule has 0 bridgehead atoms. The van der Waals surface area contributed by atoms with Gasteiger partial charge < -0.3 is 10.4 Å². The summed E-state index contributed by atoms with van der Waals surface area (Å²) in [4.78, 5) is 16.8. The number of nitrogens with one attached hydrogen (secondary N) is 1. The van der Waals surface area contributed by atoms with Crippen molar-refractivity contribution in [1.82, 2.24) is 5.32 Å². The Kier molecular flexibility index (Phi) is 4.82. The highest BCUT2D eigenvalue weighted by Crippen LogP contribution is 2.31. The van der Waals surface area contributed by atoms with E-state index in [0.29, 0.717) is 15.8 Å². The van der Waals surface area contributed by atoms with E-state index in [1.165, 1.54) is 11.8 Å². The highest BCUT2D eigenvalue weighted by Gasteiger charge is 2.23. The van der Waals surface area contributed by atoms with Crippen LogP contribution in [0.15, 0.2) is 70.6 Å². The monoisotopic (exact) mass is 336 g/mol. The largest absolute Gasteiger partial charge is 0.506 e. The van der Waals surface area contributed by atoms with Crippen LogP contribution in [0.2, 0.25) is 0 Å². The summed E-state index contributed by atoms with van der Waals surface area (Å²) in [5.74, 6) is -0.0955. The summed E-state index contributed by atoms with van der Waals surface area (Å²) in [5.41, 5.74) is 2.45. The molecule has 1 aliphatic rings. The molecule has 1 heterocycles. The number of amidine groups is 1. The van der Waals surface area contributed by atoms with Crippen LogP contribution >= 0.6 is 11.8 Å². The molecule has 0 aromatic heterocycles. The minimum absolute atomic E-state index is 0.0961. The zero-order valence-corrected chi connectivity index (χ0v) is 13.9. The fraction of sp³-hybridized carbons (Fsp3) is 0.0526. The number of allylic oxidation sites excluding steroid dienone is 2. The van der Waals surface area contributed by atoms with Crippen LogP contribution in [0.1, 0.15) is 11.1 Å². The summed E-state index contributed by atoms with van der Waals surface area (Å²) >= 11 is 1.25. The molecule has 0 radical (unpaired) electrons. The van der Waals surface area contributed by atoms with Gasteiger partial charge in [0.25, 0.3) is 5.91 Å². The number of thioether (sulfide) groups is 1. The number of carbonyl (C=O) groups is 1. The van der Waals surface area contributed by atoms with Gasteiger partial charge in [0, 0.05) is 0 Å². The van der Waals surface area contributed by atoms with Crippen LogP contribution in [-0.4, -0.2) is 16.2 Å². The standard InChI is InChI=1S/C19H16N2O2S/c1-13-10-11-15(16(22)12-13)20-19-21-18(23)17(24-19)9-5-8-14-6-3-2-4-7-14/h2-12,22H,1H3,(H,20,21,23)/b8-5+,17-9-. The number of aromatic hydroxyl groups is 1. The van der Waals surface area contributed by atoms with Gasteiger partial charge in [-0.25, -0.2) is 4.99 Å². The summed E-state index contributed by atoms with van der Waals surface area (Å²) in [6.07, 6.45) is 5.52. The van der Waals surface area contributed by atoms with Crippen LogP contribution in [0.25, 0.3) is 6.08 Å². The zero-order valence-electron chi connectivity index (χ0n) is 13.1. The third-order valence-corrected chi connectivity index (χ3v) is 4.27. The maximum absolute atomic E-state index is 12.0. The van der Waals surface area contributed by atoms with Crippen LogP contribution in [-0.2, 0) is 4.79 Å². The number of phenols is 1. The topological polar surface area (TPSA) is 61.7 Å². The molecule has 24 heavy (non-hydrogen) atoms. The molecule has 1 aliphatic heterocycles. The number of rotatable bonds is 3. The molecule has 1 saturated heterocycles. The molecule has 5 heteroatoms. The second-order valence-electron chi connectivity index (χ2n) is 5.27. The molecule has 0 spiro atoms. The average molecular weight is 336 g/mol. The summed E-state index contributed by atoms with van der Waals surface area (Å²) in [6, 6.07) is 15.1. The Morgan fingerprint density at radius 1 is 1.17 bits per heavy atom. The van der Waals surface area contributed by atoms with Gasteiger partial charge in [-0.2, -0.15) is 0 Å². The van der Waals surface area contributed by atoms with Crippen molar-refractivity contribution in [3.63, 3.8) is 0 Å². The molecule has 0 unspecified atom stereocenters. The molecule has 0 saturated carbocycles. The van der Waals surface area contributed by atoms with Gasteiger partial charge in [0.2, 0.25) is 0 Å². The number of amides is 1. The van der Waals surface area contributed by atoms with E-state index >= 15 is 0 Å². The third kappa shape index (κ3) is 3.94. The molecule has 1 amide bonds. The highest BCUT2D eigenvalue weighted by atomic mass is 32.2. The Morgan fingerprint density at radius 2 is 1.96 bits per heavy atom. The van der Waals surface area contributed by atoms with E-state index in [1.54, 1.807) is 18.2 Å². The Labute approximate surface area is 144 Å². The molecule has 0 atom stereocenters. The molecule has 1 fully saturated rings. The lowest BCUT2D eigenvalue weighted by molar-refractivity contribution is -0.115. The fourth-order valence-electron chi connectivity index (χ4n) is 2.14. The van der Waals surface area contributed by atoms with Crippen molar-refractivity contribution in [3.05, 3.63) is 76.7 Å². The van der Waals surface area contributed by atoms with Crippen molar-refractivity contribution >= 4 is 34.6 Å². The first-order valence-corrected chi connectivity index (χ1v) is 8.24. The van der Waals surface area contributed by atoms with Crippen LogP contribution < -0.4 is 5.32 Å². The number of nitrogens with zero attached hydrogens (tertiary/aromatic N) is 1. The number of phenolic OH excluding ortho intramolecular Hbond substituents is 1. The van der Waals surface area contributed by atoms with Crippen molar-refractivity contribution in [1.29, 1.82) is 0 Å². The highest BCUT2D eigenvalue weighted by molar-refractivity contribution is 8.18. The lowest BCUT2D eigenvalue weighted by atomic mass is 10.2. The minimum atomic E-state index is -0.192. The van der Waals surface area contributed by atoms with Gasteiger partial charge in [-0.3, -0.25) is 4.79 Å². The first-order chi connectivity index (χ1) is 11.6.